The van der Waals surface area contributed by atoms with E-state index < -0.39 is 74.3 Å². The number of aryl methyl sites for hydroxylation is 2. The summed E-state index contributed by atoms with van der Waals surface area (Å²) in [6.45, 7) is -8.23. The minimum absolute atomic E-state index is 0.00541. The standard InChI is InChI=1S/C13H20N4O3/c1-9(18)6-4-5-7-17-12(19)10-11(14-8-15(10)2)16(3)13(17)20/h8-9,18H,4-7H2,1-3H3/i1D3,3D3,4D2,5D2,6D2,8D. The van der Waals surface area contributed by atoms with Crippen molar-refractivity contribution in [2.75, 3.05) is 0 Å². The SMILES string of the molecule is [2H]c1nc2c(c(=O)n(CC([2H])([2H])C([2H])([2H])C([2H])([2H])C(O)C([2H])([2H])[2H])c(=O)n2C([2H])([2H])[2H])n1C. The summed E-state index contributed by atoms with van der Waals surface area (Å²) in [4.78, 5) is 29.3. The summed E-state index contributed by atoms with van der Waals surface area (Å²) in [6.07, 6.45) is -14.6. The van der Waals surface area contributed by atoms with Crippen LogP contribution in [0.15, 0.2) is 15.9 Å². The lowest BCUT2D eigenvalue weighted by Crippen LogP contribution is -2.39. The molecule has 0 spiro atoms. The predicted octanol–water partition coefficient (Wildman–Crippen LogP) is -0.0152. The lowest BCUT2D eigenvalue weighted by molar-refractivity contribution is 0.180. The van der Waals surface area contributed by atoms with Gasteiger partial charge in [0.05, 0.1) is 12.4 Å². The summed E-state index contributed by atoms with van der Waals surface area (Å²) in [5, 5.41) is 9.83. The molecule has 1 N–H and O–H groups in total. The van der Waals surface area contributed by atoms with Gasteiger partial charge < -0.3 is 9.67 Å². The van der Waals surface area contributed by atoms with Gasteiger partial charge in [-0.1, -0.05) is 0 Å². The number of hydrogen-bond donors (Lipinski definition) is 1. The zero-order valence-corrected chi connectivity index (χ0v) is 10.3. The average Bonchev–Trinajstić information content (AvgIpc) is 2.90. The van der Waals surface area contributed by atoms with Gasteiger partial charge >= 0.3 is 5.69 Å². The quantitative estimate of drug-likeness (QED) is 0.840. The van der Waals surface area contributed by atoms with Gasteiger partial charge in [0, 0.05) is 37.0 Å². The van der Waals surface area contributed by atoms with Crippen LogP contribution in [0.2, 0.25) is 0 Å². The van der Waals surface area contributed by atoms with Crippen molar-refractivity contribution in [3.8, 4) is 0 Å². The van der Waals surface area contributed by atoms with Gasteiger partial charge in [-0.3, -0.25) is 13.9 Å². The molecule has 110 valence electrons. The summed E-state index contributed by atoms with van der Waals surface area (Å²) in [5.74, 6) is 0. The van der Waals surface area contributed by atoms with Crippen LogP contribution in [-0.2, 0) is 20.6 Å². The topological polar surface area (TPSA) is 82.1 Å². The molecular formula is C13H20N4O3. The minimum Gasteiger partial charge on any atom is -0.393 e. The molecule has 7 heteroatoms. The van der Waals surface area contributed by atoms with Crippen LogP contribution in [0.5, 0.6) is 0 Å². The number of aromatic nitrogens is 4. The molecule has 0 aliphatic heterocycles. The molecular weight excluding hydrogens is 260 g/mol. The fourth-order valence-corrected chi connectivity index (χ4v) is 1.57. The van der Waals surface area contributed by atoms with Crippen LogP contribution in [0.3, 0.4) is 0 Å². The van der Waals surface area contributed by atoms with Crippen molar-refractivity contribution < 1.29 is 22.9 Å². The summed E-state index contributed by atoms with van der Waals surface area (Å²) >= 11 is 0. The zero-order valence-electron chi connectivity index (χ0n) is 23.3. The minimum atomic E-state index is -3.80. The van der Waals surface area contributed by atoms with E-state index in [1.807, 2.05) is 0 Å². The highest BCUT2D eigenvalue weighted by molar-refractivity contribution is 5.69. The van der Waals surface area contributed by atoms with Crippen molar-refractivity contribution in [1.82, 2.24) is 18.7 Å². The third kappa shape index (κ3) is 2.53. The number of nitrogens with zero attached hydrogens (tertiary/aromatic N) is 4. The van der Waals surface area contributed by atoms with Crippen LogP contribution in [0.1, 0.15) is 43.8 Å². The first-order valence-corrected chi connectivity index (χ1v) is 5.37. The lowest BCUT2D eigenvalue weighted by atomic mass is 10.2. The van der Waals surface area contributed by atoms with Crippen molar-refractivity contribution in [1.29, 1.82) is 0 Å². The second-order valence-corrected chi connectivity index (χ2v) is 3.80. The van der Waals surface area contributed by atoms with E-state index in [-0.39, 0.29) is 9.13 Å². The van der Waals surface area contributed by atoms with Crippen molar-refractivity contribution >= 4 is 11.2 Å². The second-order valence-electron chi connectivity index (χ2n) is 3.80. The first kappa shape index (κ1) is 5.14. The molecule has 0 fully saturated rings. The number of aliphatic hydroxyl groups excluding tert-OH is 1. The third-order valence-corrected chi connectivity index (χ3v) is 2.47. The van der Waals surface area contributed by atoms with Gasteiger partial charge in [0.1, 0.15) is 1.37 Å². The molecule has 0 aromatic carbocycles. The van der Waals surface area contributed by atoms with E-state index in [1.54, 1.807) is 0 Å². The zero-order chi connectivity index (χ0) is 26.1. The molecule has 2 rings (SSSR count). The molecule has 0 bridgehead atoms. The van der Waals surface area contributed by atoms with E-state index in [0.717, 1.165) is 11.6 Å². The molecule has 7 nitrogen and oxygen atoms in total. The molecule has 2 aromatic rings. The smallest absolute Gasteiger partial charge is 0.332 e. The maximum Gasteiger partial charge on any atom is 0.332 e. The average molecular weight is 293 g/mol. The van der Waals surface area contributed by atoms with E-state index in [0.29, 0.717) is 0 Å². The Kier molecular flexibility index (Phi) is 1.44. The molecule has 1 atom stereocenters. The Morgan fingerprint density at radius 3 is 3.05 bits per heavy atom. The Bertz CT molecular complexity index is 1190. The highest BCUT2D eigenvalue weighted by atomic mass is 16.3. The molecule has 0 radical (unpaired) electrons. The van der Waals surface area contributed by atoms with Gasteiger partial charge in [0.2, 0.25) is 0 Å². The van der Waals surface area contributed by atoms with Crippen molar-refractivity contribution in [3.63, 3.8) is 0 Å². The Labute approximate surface area is 134 Å². The van der Waals surface area contributed by atoms with E-state index in [4.69, 9.17) is 17.8 Å². The Morgan fingerprint density at radius 1 is 1.55 bits per heavy atom. The largest absolute Gasteiger partial charge is 0.393 e. The molecule has 2 aromatic heterocycles. The molecule has 1 unspecified atom stereocenters. The summed E-state index contributed by atoms with van der Waals surface area (Å²) in [6, 6.07) is 0. The number of rotatable bonds is 5. The summed E-state index contributed by atoms with van der Waals surface area (Å²) in [7, 11) is 1.15. The maximum atomic E-state index is 12.9. The van der Waals surface area contributed by atoms with Crippen LogP contribution in [0.4, 0.5) is 0 Å². The van der Waals surface area contributed by atoms with Crippen LogP contribution >= 0.6 is 0 Å². The van der Waals surface area contributed by atoms with E-state index in [9.17, 15) is 14.7 Å². The number of aliphatic hydroxyl groups is 1. The monoisotopic (exact) mass is 293 g/mol. The molecule has 0 saturated carbocycles. The van der Waals surface area contributed by atoms with E-state index >= 15 is 0 Å². The number of imidazole rings is 1. The first-order valence-electron chi connectivity index (χ1n) is 11.9. The fraction of sp³-hybridized carbons (Fsp3) is 0.615. The molecule has 0 aliphatic rings. The molecule has 0 aliphatic carbocycles. The lowest BCUT2D eigenvalue weighted by Gasteiger charge is -2.09. The van der Waals surface area contributed by atoms with Crippen LogP contribution in [0.25, 0.3) is 11.2 Å². The molecule has 0 amide bonds. The predicted molar refractivity (Wildman–Crippen MR) is 75.7 cm³/mol. The highest BCUT2D eigenvalue weighted by Gasteiger charge is 2.14. The molecule has 2 heterocycles. The third-order valence-electron chi connectivity index (χ3n) is 2.47. The van der Waals surface area contributed by atoms with Crippen molar-refractivity contribution in [2.45, 2.75) is 38.6 Å². The van der Waals surface area contributed by atoms with E-state index in [2.05, 4.69) is 4.98 Å². The Balaban J connectivity index is 2.80. The Morgan fingerprint density at radius 2 is 2.35 bits per heavy atom. The highest BCUT2D eigenvalue weighted by Crippen LogP contribution is 2.04. The van der Waals surface area contributed by atoms with Crippen molar-refractivity contribution in [2.24, 2.45) is 14.0 Å². The first-order chi connectivity index (χ1) is 14.5. The van der Waals surface area contributed by atoms with E-state index in [1.165, 1.54) is 0 Å². The normalized spacial score (nSPS) is 26.0. The number of fused-ring (bicyclic) bond motifs is 1. The maximum absolute atomic E-state index is 12.9. The molecule has 20 heavy (non-hydrogen) atoms. The van der Waals surface area contributed by atoms with Crippen LogP contribution in [0, 0.1) is 0 Å². The van der Waals surface area contributed by atoms with Crippen molar-refractivity contribution in [3.05, 3.63) is 27.1 Å². The van der Waals surface area contributed by atoms with Crippen LogP contribution in [-0.4, -0.2) is 29.9 Å². The Hall–Kier alpha value is -1.89. The number of hydrogen-bond acceptors (Lipinski definition) is 4. The fourth-order valence-electron chi connectivity index (χ4n) is 1.57. The van der Waals surface area contributed by atoms with Gasteiger partial charge in [-0.25, -0.2) is 9.78 Å². The van der Waals surface area contributed by atoms with Crippen LogP contribution < -0.4 is 11.2 Å². The van der Waals surface area contributed by atoms with Gasteiger partial charge in [-0.15, -0.1) is 0 Å². The van der Waals surface area contributed by atoms with Gasteiger partial charge in [-0.05, 0) is 26.0 Å². The summed E-state index contributed by atoms with van der Waals surface area (Å²) < 4.78 is 100. The van der Waals surface area contributed by atoms with Gasteiger partial charge in [0.25, 0.3) is 5.56 Å². The summed E-state index contributed by atoms with van der Waals surface area (Å²) in [5.41, 5.74) is -4.24. The van der Waals surface area contributed by atoms with Gasteiger partial charge in [0.15, 0.2) is 11.2 Å². The van der Waals surface area contributed by atoms with Gasteiger partial charge in [-0.2, -0.15) is 0 Å². The molecule has 0 saturated heterocycles. The second kappa shape index (κ2) is 5.62.